The SMILES string of the molecule is Fc1cc(Br)c(Cl)cc1C(Br)c1ccc(Br)c(Cl)c1. The van der Waals surface area contributed by atoms with Gasteiger partial charge in [-0.25, -0.2) is 4.39 Å². The van der Waals surface area contributed by atoms with Crippen LogP contribution in [0.2, 0.25) is 10.0 Å². The fourth-order valence-electron chi connectivity index (χ4n) is 1.58. The van der Waals surface area contributed by atoms with Gasteiger partial charge in [-0.05, 0) is 61.7 Å². The molecule has 0 bridgehead atoms. The molecule has 1 unspecified atom stereocenters. The first-order chi connectivity index (χ1) is 8.90. The highest BCUT2D eigenvalue weighted by molar-refractivity contribution is 9.11. The molecule has 0 saturated carbocycles. The smallest absolute Gasteiger partial charge is 0.129 e. The molecule has 2 rings (SSSR count). The molecule has 0 saturated heterocycles. The summed E-state index contributed by atoms with van der Waals surface area (Å²) in [5, 5.41) is 1.04. The maximum atomic E-state index is 14.0. The van der Waals surface area contributed by atoms with E-state index in [0.717, 1.165) is 10.0 Å². The summed E-state index contributed by atoms with van der Waals surface area (Å²) in [7, 11) is 0. The van der Waals surface area contributed by atoms with Crippen molar-refractivity contribution >= 4 is 71.0 Å². The Labute approximate surface area is 145 Å². The van der Waals surface area contributed by atoms with Crippen LogP contribution in [0, 0.1) is 5.82 Å². The summed E-state index contributed by atoms with van der Waals surface area (Å²) in [6.45, 7) is 0. The van der Waals surface area contributed by atoms with Gasteiger partial charge in [0.2, 0.25) is 0 Å². The molecular weight excluding hydrogens is 486 g/mol. The molecule has 0 aliphatic heterocycles. The largest absolute Gasteiger partial charge is 0.207 e. The number of hydrogen-bond donors (Lipinski definition) is 0. The van der Waals surface area contributed by atoms with Crippen LogP contribution in [0.15, 0.2) is 39.3 Å². The lowest BCUT2D eigenvalue weighted by molar-refractivity contribution is 0.612. The minimum atomic E-state index is -0.336. The Kier molecular flexibility index (Phi) is 5.34. The predicted molar refractivity (Wildman–Crippen MR) is 89.0 cm³/mol. The third kappa shape index (κ3) is 3.53. The monoisotopic (exact) mass is 488 g/mol. The molecule has 0 N–H and O–H groups in total. The van der Waals surface area contributed by atoms with E-state index in [0.29, 0.717) is 20.1 Å². The van der Waals surface area contributed by atoms with E-state index in [9.17, 15) is 4.39 Å². The second-order valence-electron chi connectivity index (χ2n) is 3.82. The third-order valence-electron chi connectivity index (χ3n) is 2.55. The summed E-state index contributed by atoms with van der Waals surface area (Å²) < 4.78 is 15.3. The van der Waals surface area contributed by atoms with Gasteiger partial charge in [0, 0.05) is 14.5 Å². The van der Waals surface area contributed by atoms with Crippen molar-refractivity contribution in [3.05, 3.63) is 66.3 Å². The molecule has 19 heavy (non-hydrogen) atoms. The summed E-state index contributed by atoms with van der Waals surface area (Å²) in [5.41, 5.74) is 1.32. The summed E-state index contributed by atoms with van der Waals surface area (Å²) in [5.74, 6) is -0.336. The van der Waals surface area contributed by atoms with E-state index < -0.39 is 0 Å². The van der Waals surface area contributed by atoms with Crippen molar-refractivity contribution in [2.75, 3.05) is 0 Å². The van der Waals surface area contributed by atoms with Gasteiger partial charge < -0.3 is 0 Å². The Morgan fingerprint density at radius 1 is 0.947 bits per heavy atom. The van der Waals surface area contributed by atoms with E-state index >= 15 is 0 Å². The van der Waals surface area contributed by atoms with Crippen molar-refractivity contribution in [3.8, 4) is 0 Å². The zero-order valence-corrected chi connectivity index (χ0v) is 15.5. The molecule has 6 heteroatoms. The molecule has 0 aliphatic carbocycles. The standard InChI is InChI=1S/C13H6Br3Cl2F/c14-8-2-1-6(3-10(8)17)13(16)7-4-11(18)9(15)5-12(7)19/h1-5,13H. The average Bonchev–Trinajstić information content (AvgIpc) is 2.36. The van der Waals surface area contributed by atoms with Gasteiger partial charge in [0.1, 0.15) is 5.82 Å². The molecule has 0 spiro atoms. The molecule has 0 aromatic heterocycles. The van der Waals surface area contributed by atoms with Crippen LogP contribution in [0.3, 0.4) is 0 Å². The zero-order chi connectivity index (χ0) is 14.2. The van der Waals surface area contributed by atoms with E-state index in [4.69, 9.17) is 23.2 Å². The fraction of sp³-hybridized carbons (Fsp3) is 0.0769. The first-order valence-electron chi connectivity index (χ1n) is 5.13. The van der Waals surface area contributed by atoms with Crippen LogP contribution in [0.1, 0.15) is 16.0 Å². The third-order valence-corrected chi connectivity index (χ3v) is 6.00. The van der Waals surface area contributed by atoms with Gasteiger partial charge in [0.15, 0.2) is 0 Å². The number of rotatable bonds is 2. The van der Waals surface area contributed by atoms with Crippen molar-refractivity contribution in [2.45, 2.75) is 4.83 Å². The Morgan fingerprint density at radius 3 is 2.21 bits per heavy atom. The highest BCUT2D eigenvalue weighted by atomic mass is 79.9. The van der Waals surface area contributed by atoms with Crippen LogP contribution < -0.4 is 0 Å². The Hall–Kier alpha value is 0.390. The first kappa shape index (κ1) is 15.8. The molecule has 0 aliphatic rings. The van der Waals surface area contributed by atoms with Crippen LogP contribution >= 0.6 is 71.0 Å². The quantitative estimate of drug-likeness (QED) is 0.309. The lowest BCUT2D eigenvalue weighted by atomic mass is 10.0. The molecule has 0 fully saturated rings. The van der Waals surface area contributed by atoms with E-state index in [1.54, 1.807) is 12.1 Å². The molecule has 2 aromatic carbocycles. The summed E-state index contributed by atoms with van der Waals surface area (Å²) in [4.78, 5) is -0.316. The topological polar surface area (TPSA) is 0 Å². The minimum absolute atomic E-state index is 0.316. The number of alkyl halides is 1. The van der Waals surface area contributed by atoms with Crippen LogP contribution in [-0.2, 0) is 0 Å². The van der Waals surface area contributed by atoms with Gasteiger partial charge in [-0.3, -0.25) is 0 Å². The lowest BCUT2D eigenvalue weighted by Gasteiger charge is -2.13. The number of benzene rings is 2. The highest BCUT2D eigenvalue weighted by Gasteiger charge is 2.17. The van der Waals surface area contributed by atoms with Crippen molar-refractivity contribution in [3.63, 3.8) is 0 Å². The maximum Gasteiger partial charge on any atom is 0.129 e. The molecule has 0 nitrogen and oxygen atoms in total. The molecular formula is C13H6Br3Cl2F. The first-order valence-corrected chi connectivity index (χ1v) is 8.39. The second-order valence-corrected chi connectivity index (χ2v) is 7.26. The average molecular weight is 492 g/mol. The number of hydrogen-bond acceptors (Lipinski definition) is 0. The van der Waals surface area contributed by atoms with Gasteiger partial charge in [0.25, 0.3) is 0 Å². The Balaban J connectivity index is 2.46. The molecule has 2 aromatic rings. The predicted octanol–water partition coefficient (Wildman–Crippen LogP) is 7.14. The van der Waals surface area contributed by atoms with Crippen molar-refractivity contribution in [1.82, 2.24) is 0 Å². The van der Waals surface area contributed by atoms with Crippen LogP contribution in [0.4, 0.5) is 4.39 Å². The van der Waals surface area contributed by atoms with E-state index in [1.165, 1.54) is 6.07 Å². The molecule has 0 radical (unpaired) electrons. The van der Waals surface area contributed by atoms with Gasteiger partial charge in [-0.1, -0.05) is 45.2 Å². The molecule has 100 valence electrons. The normalized spacial score (nSPS) is 12.5. The summed E-state index contributed by atoms with van der Waals surface area (Å²) in [6, 6.07) is 8.41. The molecule has 1 atom stereocenters. The lowest BCUT2D eigenvalue weighted by Crippen LogP contribution is -1.97. The van der Waals surface area contributed by atoms with E-state index in [2.05, 4.69) is 47.8 Å². The minimum Gasteiger partial charge on any atom is -0.207 e. The van der Waals surface area contributed by atoms with Gasteiger partial charge >= 0.3 is 0 Å². The zero-order valence-electron chi connectivity index (χ0n) is 9.23. The fourth-order valence-corrected chi connectivity index (χ4v) is 3.14. The summed E-state index contributed by atoms with van der Waals surface area (Å²) >= 11 is 22.0. The Morgan fingerprint density at radius 2 is 1.58 bits per heavy atom. The van der Waals surface area contributed by atoms with E-state index in [-0.39, 0.29) is 10.6 Å². The Bertz CT molecular complexity index is 632. The number of halogens is 6. The van der Waals surface area contributed by atoms with Crippen LogP contribution in [0.5, 0.6) is 0 Å². The summed E-state index contributed by atoms with van der Waals surface area (Å²) in [6.07, 6.45) is 0. The van der Waals surface area contributed by atoms with Crippen molar-refractivity contribution < 1.29 is 4.39 Å². The highest BCUT2D eigenvalue weighted by Crippen LogP contribution is 2.38. The molecule has 0 amide bonds. The second kappa shape index (κ2) is 6.44. The molecule has 0 heterocycles. The van der Waals surface area contributed by atoms with Crippen molar-refractivity contribution in [2.24, 2.45) is 0 Å². The van der Waals surface area contributed by atoms with Gasteiger partial charge in [-0.2, -0.15) is 0 Å². The van der Waals surface area contributed by atoms with Gasteiger partial charge in [-0.15, -0.1) is 0 Å². The van der Waals surface area contributed by atoms with E-state index in [1.807, 2.05) is 12.1 Å². The maximum absolute atomic E-state index is 14.0. The van der Waals surface area contributed by atoms with Gasteiger partial charge in [0.05, 0.1) is 14.9 Å². The van der Waals surface area contributed by atoms with Crippen LogP contribution in [-0.4, -0.2) is 0 Å². The van der Waals surface area contributed by atoms with Crippen LogP contribution in [0.25, 0.3) is 0 Å². The van der Waals surface area contributed by atoms with Crippen molar-refractivity contribution in [1.29, 1.82) is 0 Å².